The molecule has 0 unspecified atom stereocenters. The van der Waals surface area contributed by atoms with Crippen molar-refractivity contribution in [3.05, 3.63) is 23.8 Å². The van der Waals surface area contributed by atoms with E-state index in [0.717, 1.165) is 24.4 Å². The quantitative estimate of drug-likeness (QED) is 0.710. The molecular formula is C10H11NO3. The summed E-state index contributed by atoms with van der Waals surface area (Å²) in [6.07, 6.45) is 0.928. The molecule has 0 spiro atoms. The maximum Gasteiger partial charge on any atom is 0.335 e. The molecule has 0 aromatic heterocycles. The number of hydrogen-bond donors (Lipinski definition) is 2. The molecule has 0 saturated heterocycles. The number of carboxylic acid groups (broad SMARTS) is 1. The van der Waals surface area contributed by atoms with Gasteiger partial charge in [0.15, 0.2) is 0 Å². The Kier molecular flexibility index (Phi) is 2.26. The minimum atomic E-state index is -0.918. The van der Waals surface area contributed by atoms with Crippen LogP contribution in [0, 0.1) is 0 Å². The maximum absolute atomic E-state index is 10.7. The molecule has 1 aliphatic heterocycles. The Hall–Kier alpha value is -1.71. The van der Waals surface area contributed by atoms with Gasteiger partial charge < -0.3 is 15.2 Å². The number of anilines is 1. The van der Waals surface area contributed by atoms with E-state index < -0.39 is 5.97 Å². The molecule has 1 aliphatic rings. The lowest BCUT2D eigenvalue weighted by atomic mass is 10.2. The van der Waals surface area contributed by atoms with Crippen LogP contribution in [0.25, 0.3) is 0 Å². The van der Waals surface area contributed by atoms with E-state index in [-0.39, 0.29) is 5.56 Å². The van der Waals surface area contributed by atoms with Gasteiger partial charge in [0.05, 0.1) is 17.9 Å². The fraction of sp³-hybridized carbons (Fsp3) is 0.300. The highest BCUT2D eigenvalue weighted by molar-refractivity contribution is 5.89. The Morgan fingerprint density at radius 1 is 1.50 bits per heavy atom. The number of nitrogens with one attached hydrogen (secondary N) is 1. The fourth-order valence-corrected chi connectivity index (χ4v) is 1.40. The second-order valence-corrected chi connectivity index (χ2v) is 3.14. The van der Waals surface area contributed by atoms with Gasteiger partial charge in [0.25, 0.3) is 0 Å². The van der Waals surface area contributed by atoms with Crippen LogP contribution >= 0.6 is 0 Å². The van der Waals surface area contributed by atoms with E-state index in [9.17, 15) is 4.79 Å². The monoisotopic (exact) mass is 193 g/mol. The smallest absolute Gasteiger partial charge is 0.335 e. The molecule has 2 N–H and O–H groups in total. The molecule has 0 aliphatic carbocycles. The summed E-state index contributed by atoms with van der Waals surface area (Å²) in [6.45, 7) is 1.49. The predicted molar refractivity (Wildman–Crippen MR) is 52.0 cm³/mol. The Balaban J connectivity index is 2.37. The first-order chi connectivity index (χ1) is 6.77. The van der Waals surface area contributed by atoms with Crippen molar-refractivity contribution in [3.8, 4) is 5.75 Å². The van der Waals surface area contributed by atoms with E-state index in [1.54, 1.807) is 18.2 Å². The lowest BCUT2D eigenvalue weighted by Crippen LogP contribution is -2.01. The Morgan fingerprint density at radius 3 is 3.14 bits per heavy atom. The summed E-state index contributed by atoms with van der Waals surface area (Å²) >= 11 is 0. The second kappa shape index (κ2) is 3.57. The van der Waals surface area contributed by atoms with Crippen molar-refractivity contribution in [2.45, 2.75) is 6.42 Å². The summed E-state index contributed by atoms with van der Waals surface area (Å²) in [4.78, 5) is 10.7. The fourth-order valence-electron chi connectivity index (χ4n) is 1.40. The number of hydrogen-bond acceptors (Lipinski definition) is 3. The van der Waals surface area contributed by atoms with Gasteiger partial charge in [0.1, 0.15) is 5.75 Å². The third-order valence-corrected chi connectivity index (χ3v) is 2.12. The van der Waals surface area contributed by atoms with Gasteiger partial charge in [-0.2, -0.15) is 0 Å². The number of ether oxygens (including phenoxy) is 1. The SMILES string of the molecule is O=C(O)c1ccc2c(c1)NCCCO2. The molecule has 1 heterocycles. The summed E-state index contributed by atoms with van der Waals surface area (Å²) in [5.74, 6) is -0.189. The van der Waals surface area contributed by atoms with E-state index in [1.807, 2.05) is 0 Å². The van der Waals surface area contributed by atoms with Crippen LogP contribution in [0.15, 0.2) is 18.2 Å². The zero-order valence-corrected chi connectivity index (χ0v) is 7.62. The summed E-state index contributed by atoms with van der Waals surface area (Å²) in [6, 6.07) is 4.84. The zero-order valence-electron chi connectivity index (χ0n) is 7.62. The first-order valence-corrected chi connectivity index (χ1v) is 4.51. The van der Waals surface area contributed by atoms with Crippen molar-refractivity contribution in [1.29, 1.82) is 0 Å². The second-order valence-electron chi connectivity index (χ2n) is 3.14. The van der Waals surface area contributed by atoms with Crippen molar-refractivity contribution in [3.63, 3.8) is 0 Å². The van der Waals surface area contributed by atoms with Gasteiger partial charge in [-0.25, -0.2) is 4.79 Å². The topological polar surface area (TPSA) is 58.6 Å². The molecule has 0 atom stereocenters. The van der Waals surface area contributed by atoms with Gasteiger partial charge in [0, 0.05) is 6.54 Å². The largest absolute Gasteiger partial charge is 0.491 e. The molecule has 1 aromatic carbocycles. The molecule has 1 aromatic rings. The lowest BCUT2D eigenvalue weighted by Gasteiger charge is -2.07. The first-order valence-electron chi connectivity index (χ1n) is 4.51. The minimum Gasteiger partial charge on any atom is -0.491 e. The Morgan fingerprint density at radius 2 is 2.36 bits per heavy atom. The number of benzene rings is 1. The number of carboxylic acids is 1. The molecule has 0 amide bonds. The van der Waals surface area contributed by atoms with Crippen molar-refractivity contribution in [2.75, 3.05) is 18.5 Å². The number of rotatable bonds is 1. The zero-order chi connectivity index (χ0) is 9.97. The summed E-state index contributed by atoms with van der Waals surface area (Å²) in [5, 5.41) is 11.9. The number of fused-ring (bicyclic) bond motifs is 1. The first kappa shape index (κ1) is 8.87. The summed E-state index contributed by atoms with van der Waals surface area (Å²) in [7, 11) is 0. The van der Waals surface area contributed by atoms with Crippen molar-refractivity contribution < 1.29 is 14.6 Å². The van der Waals surface area contributed by atoms with Gasteiger partial charge in [-0.15, -0.1) is 0 Å². The van der Waals surface area contributed by atoms with Crippen LogP contribution in [0.3, 0.4) is 0 Å². The van der Waals surface area contributed by atoms with E-state index in [1.165, 1.54) is 0 Å². The lowest BCUT2D eigenvalue weighted by molar-refractivity contribution is 0.0697. The highest BCUT2D eigenvalue weighted by atomic mass is 16.5. The molecule has 2 rings (SSSR count). The third kappa shape index (κ3) is 1.64. The van der Waals surface area contributed by atoms with E-state index >= 15 is 0 Å². The molecule has 74 valence electrons. The Labute approximate surface area is 81.5 Å². The molecule has 4 heteroatoms. The van der Waals surface area contributed by atoms with E-state index in [0.29, 0.717) is 6.61 Å². The van der Waals surface area contributed by atoms with Crippen LogP contribution < -0.4 is 10.1 Å². The van der Waals surface area contributed by atoms with Gasteiger partial charge >= 0.3 is 5.97 Å². The van der Waals surface area contributed by atoms with Crippen molar-refractivity contribution >= 4 is 11.7 Å². The average Bonchev–Trinajstić information content (AvgIpc) is 2.41. The summed E-state index contributed by atoms with van der Waals surface area (Å²) in [5.41, 5.74) is 1.05. The van der Waals surface area contributed by atoms with Gasteiger partial charge in [0.2, 0.25) is 0 Å². The van der Waals surface area contributed by atoms with Crippen LogP contribution in [0.4, 0.5) is 5.69 Å². The molecule has 0 radical (unpaired) electrons. The van der Waals surface area contributed by atoms with Crippen LogP contribution in [0.2, 0.25) is 0 Å². The highest BCUT2D eigenvalue weighted by Gasteiger charge is 2.11. The van der Waals surface area contributed by atoms with Crippen molar-refractivity contribution in [1.82, 2.24) is 0 Å². The highest BCUT2D eigenvalue weighted by Crippen LogP contribution is 2.27. The van der Waals surface area contributed by atoms with E-state index in [4.69, 9.17) is 9.84 Å². The molecule has 0 saturated carbocycles. The number of carbonyl (C=O) groups is 1. The van der Waals surface area contributed by atoms with Gasteiger partial charge in [-0.3, -0.25) is 0 Å². The van der Waals surface area contributed by atoms with Gasteiger partial charge in [-0.1, -0.05) is 0 Å². The minimum absolute atomic E-state index is 0.279. The third-order valence-electron chi connectivity index (χ3n) is 2.12. The molecular weight excluding hydrogens is 182 g/mol. The normalized spacial score (nSPS) is 14.6. The maximum atomic E-state index is 10.7. The van der Waals surface area contributed by atoms with Gasteiger partial charge in [-0.05, 0) is 24.6 Å². The molecule has 0 bridgehead atoms. The summed E-state index contributed by atoms with van der Waals surface area (Å²) < 4.78 is 5.43. The molecule has 4 nitrogen and oxygen atoms in total. The van der Waals surface area contributed by atoms with Crippen LogP contribution in [0.5, 0.6) is 5.75 Å². The molecule has 14 heavy (non-hydrogen) atoms. The van der Waals surface area contributed by atoms with Crippen LogP contribution in [0.1, 0.15) is 16.8 Å². The van der Waals surface area contributed by atoms with Crippen LogP contribution in [-0.2, 0) is 0 Å². The van der Waals surface area contributed by atoms with Crippen LogP contribution in [-0.4, -0.2) is 24.2 Å². The van der Waals surface area contributed by atoms with E-state index in [2.05, 4.69) is 5.32 Å². The standard InChI is InChI=1S/C10H11NO3/c12-10(13)7-2-3-9-8(6-7)11-4-1-5-14-9/h2-3,6,11H,1,4-5H2,(H,12,13). The average molecular weight is 193 g/mol. The van der Waals surface area contributed by atoms with Crippen molar-refractivity contribution in [2.24, 2.45) is 0 Å². The molecule has 0 fully saturated rings. The Bertz CT molecular complexity index is 362. The number of aromatic carboxylic acids is 1. The predicted octanol–water partition coefficient (Wildman–Crippen LogP) is 1.58.